The number of rotatable bonds is 5. The number of nitrogens with zero attached hydrogens (tertiary/aromatic N) is 3. The smallest absolute Gasteiger partial charge is 0.246 e. The molecule has 0 bridgehead atoms. The molecule has 2 aliphatic carbocycles. The lowest BCUT2D eigenvalue weighted by Gasteiger charge is -2.50. The molecule has 0 unspecified atom stereocenters. The highest BCUT2D eigenvalue weighted by Crippen LogP contribution is 2.64. The van der Waals surface area contributed by atoms with Crippen LogP contribution in [0.25, 0.3) is 0 Å². The van der Waals surface area contributed by atoms with Gasteiger partial charge in [-0.05, 0) is 84.5 Å². The minimum Gasteiger partial charge on any atom is -0.505 e. The quantitative estimate of drug-likeness (QED) is 0.187. The van der Waals surface area contributed by atoms with Crippen LogP contribution in [0.1, 0.15) is 29.9 Å². The van der Waals surface area contributed by atoms with Crippen molar-refractivity contribution in [1.82, 2.24) is 0 Å². The number of phenolic OH excluding ortho intramolecular Hbond substituents is 1. The van der Waals surface area contributed by atoms with Crippen LogP contribution < -0.4 is 14.7 Å². The van der Waals surface area contributed by atoms with E-state index in [4.69, 9.17) is 16.3 Å². The number of fused-ring (bicyclic) bond motifs is 4. The van der Waals surface area contributed by atoms with Gasteiger partial charge in [-0.25, -0.2) is 9.29 Å². The van der Waals surface area contributed by atoms with Crippen LogP contribution in [0.4, 0.5) is 21.5 Å². The Morgan fingerprint density at radius 1 is 0.755 bits per heavy atom. The Morgan fingerprint density at radius 3 is 2.21 bits per heavy atom. The molecule has 53 heavy (non-hydrogen) atoms. The molecule has 6 atom stereocenters. The first-order chi connectivity index (χ1) is 25.7. The maximum absolute atomic E-state index is 15.3. The summed E-state index contributed by atoms with van der Waals surface area (Å²) in [6, 6.07) is 27.0. The van der Waals surface area contributed by atoms with E-state index < -0.39 is 58.4 Å². The lowest BCUT2D eigenvalue weighted by atomic mass is 9.49. The second kappa shape index (κ2) is 12.7. The summed E-state index contributed by atoms with van der Waals surface area (Å²) >= 11 is 6.38. The molecule has 0 aromatic heterocycles. The van der Waals surface area contributed by atoms with Crippen molar-refractivity contribution in [2.24, 2.45) is 23.7 Å². The molecule has 4 fully saturated rings. The molecule has 268 valence electrons. The highest BCUT2D eigenvalue weighted by atomic mass is 35.5. The Morgan fingerprint density at radius 2 is 1.49 bits per heavy atom. The van der Waals surface area contributed by atoms with E-state index in [0.29, 0.717) is 46.3 Å². The lowest BCUT2D eigenvalue weighted by molar-refractivity contribution is -0.127. The van der Waals surface area contributed by atoms with Gasteiger partial charge in [-0.2, -0.15) is 0 Å². The zero-order valence-corrected chi connectivity index (χ0v) is 29.3. The van der Waals surface area contributed by atoms with E-state index in [1.807, 2.05) is 36.4 Å². The minimum absolute atomic E-state index is 0.115. The van der Waals surface area contributed by atoms with E-state index in [0.717, 1.165) is 18.8 Å². The van der Waals surface area contributed by atoms with Crippen molar-refractivity contribution >= 4 is 52.3 Å². The summed E-state index contributed by atoms with van der Waals surface area (Å²) in [6.45, 7) is 2.74. The highest BCUT2D eigenvalue weighted by molar-refractivity contribution is 6.32. The Bertz CT molecular complexity index is 2210. The van der Waals surface area contributed by atoms with Gasteiger partial charge < -0.3 is 14.7 Å². The van der Waals surface area contributed by atoms with E-state index >= 15 is 9.18 Å². The van der Waals surface area contributed by atoms with E-state index in [1.54, 1.807) is 54.6 Å². The number of halogens is 2. The van der Waals surface area contributed by atoms with Gasteiger partial charge in [-0.3, -0.25) is 24.1 Å². The van der Waals surface area contributed by atoms with Gasteiger partial charge in [0.2, 0.25) is 23.6 Å². The predicted molar refractivity (Wildman–Crippen MR) is 196 cm³/mol. The average Bonchev–Trinajstić information content (AvgIpc) is 3.57. The normalized spacial score (nSPS) is 28.2. The number of hydrogen-bond donors (Lipinski definition) is 1. The molecule has 11 heteroatoms. The van der Waals surface area contributed by atoms with Gasteiger partial charge in [0.1, 0.15) is 0 Å². The molecule has 1 saturated carbocycles. The van der Waals surface area contributed by atoms with Crippen molar-refractivity contribution in [2.45, 2.75) is 24.2 Å². The van der Waals surface area contributed by atoms with E-state index in [2.05, 4.69) is 4.90 Å². The zero-order valence-electron chi connectivity index (χ0n) is 28.5. The Kier molecular flexibility index (Phi) is 8.01. The molecule has 4 amide bonds. The number of carbonyl (C=O) groups excluding carboxylic acids is 4. The van der Waals surface area contributed by atoms with Crippen molar-refractivity contribution in [3.63, 3.8) is 0 Å². The van der Waals surface area contributed by atoms with Crippen molar-refractivity contribution < 1.29 is 33.4 Å². The van der Waals surface area contributed by atoms with Crippen molar-refractivity contribution in [1.29, 1.82) is 0 Å². The Balaban J connectivity index is 1.18. The first-order valence-corrected chi connectivity index (χ1v) is 18.3. The Labute approximate surface area is 310 Å². The number of hydrogen-bond acceptors (Lipinski definition) is 7. The topological polar surface area (TPSA) is 107 Å². The van der Waals surface area contributed by atoms with Crippen molar-refractivity contribution in [2.75, 3.05) is 41.0 Å². The molecule has 9 rings (SSSR count). The van der Waals surface area contributed by atoms with E-state index in [9.17, 15) is 19.5 Å². The summed E-state index contributed by atoms with van der Waals surface area (Å²) in [5.74, 6) is -7.02. The number of morpholine rings is 1. The monoisotopic (exact) mass is 731 g/mol. The second-order valence-electron chi connectivity index (χ2n) is 14.4. The summed E-state index contributed by atoms with van der Waals surface area (Å²) in [4.78, 5) is 63.6. The third kappa shape index (κ3) is 4.99. The summed E-state index contributed by atoms with van der Waals surface area (Å²) in [7, 11) is 0. The van der Waals surface area contributed by atoms with Crippen LogP contribution in [0.5, 0.6) is 5.75 Å². The van der Waals surface area contributed by atoms with Crippen LogP contribution in [-0.4, -0.2) is 55.0 Å². The maximum atomic E-state index is 15.3. The van der Waals surface area contributed by atoms with Gasteiger partial charge in [-0.15, -0.1) is 0 Å². The summed E-state index contributed by atoms with van der Waals surface area (Å²) < 4.78 is 20.8. The molecule has 4 aromatic rings. The van der Waals surface area contributed by atoms with Crippen LogP contribution in [-0.2, 0) is 29.3 Å². The largest absolute Gasteiger partial charge is 0.505 e. The minimum atomic E-state index is -1.54. The van der Waals surface area contributed by atoms with Crippen LogP contribution in [0.2, 0.25) is 5.02 Å². The molecule has 0 spiro atoms. The number of amides is 4. The number of carbonyl (C=O) groups is 4. The Hall–Kier alpha value is -5.32. The summed E-state index contributed by atoms with van der Waals surface area (Å²) in [5, 5.41) is 10.6. The van der Waals surface area contributed by atoms with Gasteiger partial charge in [-0.1, -0.05) is 65.7 Å². The summed E-state index contributed by atoms with van der Waals surface area (Å²) in [5.41, 5.74) is 1.87. The van der Waals surface area contributed by atoms with Crippen LogP contribution in [0.15, 0.2) is 109 Å². The summed E-state index contributed by atoms with van der Waals surface area (Å²) in [6.07, 6.45) is 2.28. The molecule has 9 nitrogen and oxygen atoms in total. The van der Waals surface area contributed by atoms with Crippen molar-refractivity contribution in [3.05, 3.63) is 131 Å². The lowest BCUT2D eigenvalue weighted by Crippen LogP contribution is -2.53. The van der Waals surface area contributed by atoms with E-state index in [1.165, 1.54) is 21.9 Å². The van der Waals surface area contributed by atoms with Gasteiger partial charge in [0.25, 0.3) is 0 Å². The first kappa shape index (κ1) is 33.5. The maximum Gasteiger partial charge on any atom is 0.246 e. The number of anilines is 3. The van der Waals surface area contributed by atoms with Gasteiger partial charge in [0.05, 0.1) is 47.8 Å². The van der Waals surface area contributed by atoms with Crippen LogP contribution in [0, 0.1) is 29.5 Å². The van der Waals surface area contributed by atoms with Gasteiger partial charge >= 0.3 is 0 Å². The zero-order chi connectivity index (χ0) is 36.6. The van der Waals surface area contributed by atoms with Crippen LogP contribution in [0.3, 0.4) is 0 Å². The molecular formula is C42H35ClFN3O6. The first-order valence-electron chi connectivity index (χ1n) is 17.9. The third-order valence-electron chi connectivity index (χ3n) is 12.0. The number of phenols is 1. The molecule has 3 heterocycles. The van der Waals surface area contributed by atoms with Gasteiger partial charge in [0.15, 0.2) is 11.6 Å². The molecule has 3 saturated heterocycles. The second-order valence-corrected chi connectivity index (χ2v) is 14.9. The number of imide groups is 2. The number of ether oxygens (including phenoxy) is 1. The van der Waals surface area contributed by atoms with Crippen molar-refractivity contribution in [3.8, 4) is 5.75 Å². The fourth-order valence-corrected chi connectivity index (χ4v) is 9.89. The third-order valence-corrected chi connectivity index (χ3v) is 12.2. The molecule has 0 radical (unpaired) electrons. The standard InChI is InChI=1S/C42H35ClFN3O6/c43-26-7-4-8-29(22-26)47-39(50)33-23-32-30(37(24-9-16-35(48)34(44)21-24)42(33,41(47)52)25-5-2-1-3-6-25)14-15-31-36(32)40(51)46(38(31)49)28-12-10-27(11-13-28)45-17-19-53-20-18-45/h1-14,16,21-22,31-33,36-37,48H,15,17-20,23H2/t31-,32+,33-,36-,37-,42+/m0/s1. The fraction of sp³-hybridized carbons (Fsp3) is 0.286. The molecular weight excluding hydrogens is 697 g/mol. The number of aromatic hydroxyl groups is 1. The molecule has 4 aromatic carbocycles. The fourth-order valence-electron chi connectivity index (χ4n) is 9.71. The number of benzene rings is 4. The van der Waals surface area contributed by atoms with E-state index in [-0.39, 0.29) is 24.7 Å². The highest BCUT2D eigenvalue weighted by Gasteiger charge is 2.70. The van der Waals surface area contributed by atoms with Gasteiger partial charge in [0, 0.05) is 29.7 Å². The SMILES string of the molecule is O=C1[C@H]2[C@H](CC=C3[C@H]2C[C@H]2C(=O)N(c4cccc(Cl)c4)C(=O)[C@@]2(c2ccccc2)[C@H]3c2ccc(O)c(F)c2)C(=O)N1c1ccc(N2CCOCC2)cc1. The molecule has 5 aliphatic rings. The number of allylic oxidation sites excluding steroid dienone is 2. The molecule has 1 N–H and O–H groups in total. The van der Waals surface area contributed by atoms with Crippen LogP contribution >= 0.6 is 11.6 Å². The predicted octanol–water partition coefficient (Wildman–Crippen LogP) is 6.39. The average molecular weight is 732 g/mol. The molecule has 3 aliphatic heterocycles.